The first-order chi connectivity index (χ1) is 14.4. The van der Waals surface area contributed by atoms with E-state index < -0.39 is 0 Å². The molecule has 0 saturated heterocycles. The number of hydrogen-bond acceptors (Lipinski definition) is 5. The highest BCUT2D eigenvalue weighted by molar-refractivity contribution is 7.98. The molecule has 0 amide bonds. The van der Waals surface area contributed by atoms with Gasteiger partial charge in [-0.25, -0.2) is 9.78 Å². The molecule has 160 valence electrons. The Bertz CT molecular complexity index is 972. The molecule has 3 aromatic rings. The second kappa shape index (κ2) is 10.0. The number of imidazole rings is 1. The van der Waals surface area contributed by atoms with Crippen molar-refractivity contribution in [1.29, 1.82) is 0 Å². The van der Waals surface area contributed by atoms with Crippen LogP contribution in [0.4, 0.5) is 11.6 Å². The minimum Gasteiger partial charge on any atom is -0.465 e. The van der Waals surface area contributed by atoms with Crippen molar-refractivity contribution < 1.29 is 9.53 Å². The van der Waals surface area contributed by atoms with Gasteiger partial charge in [-0.2, -0.15) is 0 Å². The Morgan fingerprint density at radius 1 is 1.10 bits per heavy atom. The van der Waals surface area contributed by atoms with Gasteiger partial charge in [-0.15, -0.1) is 11.8 Å². The molecule has 0 atom stereocenters. The molecule has 1 fully saturated rings. The minimum atomic E-state index is -0.362. The number of esters is 1. The number of ether oxygens (including phenoxy) is 1. The van der Waals surface area contributed by atoms with Crippen LogP contribution < -0.4 is 5.32 Å². The lowest BCUT2D eigenvalue weighted by molar-refractivity contribution is 0.0601. The number of methoxy groups -OCH3 is 1. The third-order valence-electron chi connectivity index (χ3n) is 5.46. The van der Waals surface area contributed by atoms with E-state index in [0.717, 1.165) is 16.7 Å². The van der Waals surface area contributed by atoms with Crippen molar-refractivity contribution in [3.05, 3.63) is 48.0 Å². The summed E-state index contributed by atoms with van der Waals surface area (Å²) >= 11 is 1.70. The number of fused-ring (bicyclic) bond motifs is 1. The van der Waals surface area contributed by atoms with Crippen LogP contribution in [0.25, 0.3) is 11.0 Å². The van der Waals surface area contributed by atoms with Crippen LogP contribution in [0, 0.1) is 5.41 Å². The second-order valence-corrected chi connectivity index (χ2v) is 9.27. The number of benzene rings is 2. The zero-order valence-electron chi connectivity index (χ0n) is 18.2. The van der Waals surface area contributed by atoms with Gasteiger partial charge in [0.1, 0.15) is 0 Å². The van der Waals surface area contributed by atoms with E-state index in [2.05, 4.69) is 29.1 Å². The van der Waals surface area contributed by atoms with Gasteiger partial charge in [0.2, 0.25) is 5.95 Å². The first-order valence-corrected chi connectivity index (χ1v) is 11.6. The monoisotopic (exact) mass is 425 g/mol. The highest BCUT2D eigenvalue weighted by atomic mass is 32.2. The minimum absolute atomic E-state index is 0.362. The molecular formula is C24H31N3O2S. The number of carbonyl (C=O) groups excluding carboxylic acids is 1. The van der Waals surface area contributed by atoms with Gasteiger partial charge < -0.3 is 15.0 Å². The molecule has 0 bridgehead atoms. The molecule has 0 aliphatic heterocycles. The predicted octanol–water partition coefficient (Wildman–Crippen LogP) is 6.79. The number of nitrogens with one attached hydrogen (secondary N) is 2. The molecule has 5 nitrogen and oxygen atoms in total. The van der Waals surface area contributed by atoms with Crippen molar-refractivity contribution in [2.45, 2.75) is 50.8 Å². The molecule has 2 N–H and O–H groups in total. The van der Waals surface area contributed by atoms with E-state index in [1.165, 1.54) is 44.1 Å². The van der Waals surface area contributed by atoms with Crippen LogP contribution in [0.2, 0.25) is 0 Å². The molecule has 1 aliphatic carbocycles. The molecule has 0 radical (unpaired) electrons. The van der Waals surface area contributed by atoms with Gasteiger partial charge in [-0.1, -0.05) is 33.1 Å². The summed E-state index contributed by atoms with van der Waals surface area (Å²) in [4.78, 5) is 20.4. The van der Waals surface area contributed by atoms with Gasteiger partial charge >= 0.3 is 5.97 Å². The highest BCUT2D eigenvalue weighted by Gasteiger charge is 2.19. The summed E-state index contributed by atoms with van der Waals surface area (Å²) in [5.41, 5.74) is 3.69. The third-order valence-corrected chi connectivity index (χ3v) is 6.21. The number of H-pyrrole nitrogens is 1. The molecular weight excluding hydrogens is 394 g/mol. The Morgan fingerprint density at radius 3 is 2.37 bits per heavy atom. The quantitative estimate of drug-likeness (QED) is 0.356. The molecule has 1 heterocycles. The van der Waals surface area contributed by atoms with E-state index in [1.807, 2.05) is 30.5 Å². The van der Waals surface area contributed by atoms with Crippen LogP contribution in [0.5, 0.6) is 0 Å². The fourth-order valence-corrected chi connectivity index (χ4v) is 4.04. The Morgan fingerprint density at radius 2 is 1.80 bits per heavy atom. The summed E-state index contributed by atoms with van der Waals surface area (Å²) in [6, 6.07) is 13.3. The van der Waals surface area contributed by atoms with Crippen LogP contribution >= 0.6 is 11.8 Å². The Kier molecular flexibility index (Phi) is 7.43. The van der Waals surface area contributed by atoms with Crippen LogP contribution in [0.1, 0.15) is 56.3 Å². The van der Waals surface area contributed by atoms with Crippen LogP contribution in [0.15, 0.2) is 47.4 Å². The molecule has 1 saturated carbocycles. The number of aromatic amines is 1. The third kappa shape index (κ3) is 6.02. The lowest BCUT2D eigenvalue weighted by Gasteiger charge is -2.28. The van der Waals surface area contributed by atoms with Gasteiger partial charge in [0.15, 0.2) is 0 Å². The first kappa shape index (κ1) is 22.2. The normalized spacial score (nSPS) is 15.2. The molecule has 1 aromatic heterocycles. The molecule has 6 heteroatoms. The molecule has 4 rings (SSSR count). The zero-order chi connectivity index (χ0) is 21.6. The van der Waals surface area contributed by atoms with E-state index in [4.69, 9.17) is 4.74 Å². The van der Waals surface area contributed by atoms with E-state index in [9.17, 15) is 4.79 Å². The lowest BCUT2D eigenvalue weighted by atomic mass is 9.78. The predicted molar refractivity (Wildman–Crippen MR) is 126 cm³/mol. The van der Waals surface area contributed by atoms with Crippen molar-refractivity contribution in [2.75, 3.05) is 18.7 Å². The van der Waals surface area contributed by atoms with Gasteiger partial charge in [-0.3, -0.25) is 0 Å². The molecule has 30 heavy (non-hydrogen) atoms. The van der Waals surface area contributed by atoms with Gasteiger partial charge in [0.25, 0.3) is 0 Å². The van der Waals surface area contributed by atoms with Gasteiger partial charge in [0.05, 0.1) is 23.7 Å². The standard InChI is InChI=1S/C16H15N3O2S.C8H16/c1-21-15(20)10-3-8-13-14(9-10)19-16(18-13)17-11-4-6-12(22-2)7-5-11;1-8(2)6-4-3-5-7-8/h3-9H,1-2H3,(H2,17,18,19);3-7H2,1-2H3. The summed E-state index contributed by atoms with van der Waals surface area (Å²) in [5, 5.41) is 3.22. The van der Waals surface area contributed by atoms with Crippen LogP contribution in [-0.4, -0.2) is 29.3 Å². The van der Waals surface area contributed by atoms with E-state index >= 15 is 0 Å². The molecule has 1 aliphatic rings. The van der Waals surface area contributed by atoms with Crippen LogP contribution in [-0.2, 0) is 4.74 Å². The summed E-state index contributed by atoms with van der Waals surface area (Å²) in [6.07, 6.45) is 9.35. The van der Waals surface area contributed by atoms with E-state index in [1.54, 1.807) is 30.0 Å². The number of carbonyl (C=O) groups is 1. The van der Waals surface area contributed by atoms with Gasteiger partial charge in [-0.05, 0) is 67.0 Å². The number of aromatic nitrogens is 2. The fraction of sp³-hybridized carbons (Fsp3) is 0.417. The maximum absolute atomic E-state index is 11.5. The number of hydrogen-bond donors (Lipinski definition) is 2. The number of nitrogens with zero attached hydrogens (tertiary/aromatic N) is 1. The second-order valence-electron chi connectivity index (χ2n) is 8.39. The maximum atomic E-state index is 11.5. The average molecular weight is 426 g/mol. The molecule has 0 spiro atoms. The summed E-state index contributed by atoms with van der Waals surface area (Å²) in [7, 11) is 1.37. The van der Waals surface area contributed by atoms with Crippen LogP contribution in [0.3, 0.4) is 0 Å². The van der Waals surface area contributed by atoms with Crippen molar-refractivity contribution in [1.82, 2.24) is 9.97 Å². The highest BCUT2D eigenvalue weighted by Crippen LogP contribution is 2.34. The van der Waals surface area contributed by atoms with Crippen molar-refractivity contribution >= 4 is 40.4 Å². The summed E-state index contributed by atoms with van der Waals surface area (Å²) in [6.45, 7) is 4.76. The molecule has 2 aromatic carbocycles. The SMILES string of the molecule is CC1(C)CCCCC1.COC(=O)c1ccc2nc(Nc3ccc(SC)cc3)[nH]c2c1. The topological polar surface area (TPSA) is 67.0 Å². The van der Waals surface area contributed by atoms with Gasteiger partial charge in [0, 0.05) is 10.6 Å². The zero-order valence-corrected chi connectivity index (χ0v) is 19.1. The maximum Gasteiger partial charge on any atom is 0.337 e. The van der Waals surface area contributed by atoms with Crippen molar-refractivity contribution in [3.63, 3.8) is 0 Å². The Hall–Kier alpha value is -2.47. The number of anilines is 2. The summed E-state index contributed by atoms with van der Waals surface area (Å²) in [5.74, 6) is 0.271. The Labute approximate surface area is 183 Å². The number of thioether (sulfide) groups is 1. The van der Waals surface area contributed by atoms with E-state index in [0.29, 0.717) is 16.9 Å². The first-order valence-electron chi connectivity index (χ1n) is 10.4. The smallest absolute Gasteiger partial charge is 0.337 e. The number of rotatable bonds is 4. The van der Waals surface area contributed by atoms with Crippen molar-refractivity contribution in [2.24, 2.45) is 5.41 Å². The Balaban J connectivity index is 0.000000269. The average Bonchev–Trinajstić information content (AvgIpc) is 3.15. The van der Waals surface area contributed by atoms with Crippen molar-refractivity contribution in [3.8, 4) is 0 Å². The van der Waals surface area contributed by atoms with E-state index in [-0.39, 0.29) is 5.97 Å². The fourth-order valence-electron chi connectivity index (χ4n) is 3.63. The lowest BCUT2D eigenvalue weighted by Crippen LogP contribution is -2.14. The largest absolute Gasteiger partial charge is 0.465 e. The summed E-state index contributed by atoms with van der Waals surface area (Å²) < 4.78 is 4.72. The molecule has 0 unspecified atom stereocenters.